The zero-order valence-electron chi connectivity index (χ0n) is 12.9. The van der Waals surface area contributed by atoms with E-state index in [0.29, 0.717) is 5.56 Å². The van der Waals surface area contributed by atoms with Crippen LogP contribution in [0.5, 0.6) is 0 Å². The van der Waals surface area contributed by atoms with Crippen molar-refractivity contribution in [2.24, 2.45) is 0 Å². The quantitative estimate of drug-likeness (QED) is 0.513. The van der Waals surface area contributed by atoms with E-state index in [2.05, 4.69) is 12.2 Å². The highest BCUT2D eigenvalue weighted by Crippen LogP contribution is 2.12. The molecule has 0 saturated heterocycles. The van der Waals surface area contributed by atoms with Crippen molar-refractivity contribution in [2.75, 3.05) is 7.05 Å². The molecule has 0 amide bonds. The molecule has 1 aromatic rings. The van der Waals surface area contributed by atoms with E-state index in [9.17, 15) is 9.59 Å². The SMILES string of the molecule is CCCCCCc1ccc(C(=O)C(CC(=O)O)NC)cc1. The Bertz CT molecular complexity index is 454. The van der Waals surface area contributed by atoms with Crippen molar-refractivity contribution in [3.8, 4) is 0 Å². The number of nitrogens with one attached hydrogen (secondary N) is 1. The number of aliphatic carboxylic acids is 1. The van der Waals surface area contributed by atoms with Gasteiger partial charge in [-0.25, -0.2) is 0 Å². The zero-order valence-corrected chi connectivity index (χ0v) is 12.9. The summed E-state index contributed by atoms with van der Waals surface area (Å²) in [7, 11) is 1.60. The van der Waals surface area contributed by atoms with E-state index in [1.165, 1.54) is 31.2 Å². The first-order valence-electron chi connectivity index (χ1n) is 7.60. The number of carbonyl (C=O) groups excluding carboxylic acids is 1. The molecule has 4 heteroatoms. The molecule has 116 valence electrons. The number of carboxylic acid groups (broad SMARTS) is 1. The number of likely N-dealkylation sites (N-methyl/N-ethyl adjacent to an activating group) is 1. The van der Waals surface area contributed by atoms with Gasteiger partial charge in [0, 0.05) is 5.56 Å². The number of unbranched alkanes of at least 4 members (excludes halogenated alkanes) is 3. The number of carbonyl (C=O) groups is 2. The molecule has 0 radical (unpaired) electrons. The highest BCUT2D eigenvalue weighted by Gasteiger charge is 2.20. The van der Waals surface area contributed by atoms with Crippen molar-refractivity contribution in [3.05, 3.63) is 35.4 Å². The van der Waals surface area contributed by atoms with Crippen LogP contribution in [0.25, 0.3) is 0 Å². The second-order valence-electron chi connectivity index (χ2n) is 5.31. The lowest BCUT2D eigenvalue weighted by Gasteiger charge is -2.13. The van der Waals surface area contributed by atoms with E-state index in [-0.39, 0.29) is 12.2 Å². The van der Waals surface area contributed by atoms with Crippen LogP contribution in [0.4, 0.5) is 0 Å². The van der Waals surface area contributed by atoms with Gasteiger partial charge in [0.1, 0.15) is 0 Å². The molecule has 0 aliphatic carbocycles. The molecule has 0 heterocycles. The molecule has 0 saturated carbocycles. The summed E-state index contributed by atoms with van der Waals surface area (Å²) < 4.78 is 0. The number of Topliss-reactive ketones (excluding diaryl/α,β-unsaturated/α-hetero) is 1. The van der Waals surface area contributed by atoms with Gasteiger partial charge in [0.2, 0.25) is 0 Å². The molecular weight excluding hydrogens is 266 g/mol. The van der Waals surface area contributed by atoms with Crippen LogP contribution < -0.4 is 5.32 Å². The van der Waals surface area contributed by atoms with Crippen molar-refractivity contribution in [1.82, 2.24) is 5.32 Å². The number of ketones is 1. The molecule has 21 heavy (non-hydrogen) atoms. The molecule has 0 aliphatic heterocycles. The summed E-state index contributed by atoms with van der Waals surface area (Å²) >= 11 is 0. The molecule has 1 rings (SSSR count). The van der Waals surface area contributed by atoms with Gasteiger partial charge in [-0.05, 0) is 25.5 Å². The summed E-state index contributed by atoms with van der Waals surface area (Å²) in [5.41, 5.74) is 1.79. The minimum atomic E-state index is -0.977. The Balaban J connectivity index is 2.59. The van der Waals surface area contributed by atoms with Crippen molar-refractivity contribution >= 4 is 11.8 Å². The summed E-state index contributed by atoms with van der Waals surface area (Å²) in [5, 5.41) is 11.6. The minimum absolute atomic E-state index is 0.169. The number of aryl methyl sites for hydroxylation is 1. The van der Waals surface area contributed by atoms with E-state index in [0.717, 1.165) is 6.42 Å². The molecule has 0 aromatic heterocycles. The lowest BCUT2D eigenvalue weighted by Crippen LogP contribution is -2.36. The van der Waals surface area contributed by atoms with Crippen LogP contribution in [0, 0.1) is 0 Å². The lowest BCUT2D eigenvalue weighted by atomic mass is 9.99. The standard InChI is InChI=1S/C17H25NO3/c1-3-4-5-6-7-13-8-10-14(11-9-13)17(21)15(18-2)12-16(19)20/h8-11,15,18H,3-7,12H2,1-2H3,(H,19,20). The monoisotopic (exact) mass is 291 g/mol. The number of hydrogen-bond donors (Lipinski definition) is 2. The highest BCUT2D eigenvalue weighted by atomic mass is 16.4. The first-order valence-corrected chi connectivity index (χ1v) is 7.60. The third-order valence-corrected chi connectivity index (χ3v) is 3.60. The Labute approximate surface area is 126 Å². The van der Waals surface area contributed by atoms with Crippen molar-refractivity contribution < 1.29 is 14.7 Å². The zero-order chi connectivity index (χ0) is 15.7. The van der Waals surface area contributed by atoms with E-state index in [1.54, 1.807) is 19.2 Å². The second-order valence-corrected chi connectivity index (χ2v) is 5.31. The fourth-order valence-electron chi connectivity index (χ4n) is 2.29. The van der Waals surface area contributed by atoms with Crippen molar-refractivity contribution in [2.45, 2.75) is 51.5 Å². The molecule has 0 spiro atoms. The molecule has 2 N–H and O–H groups in total. The highest BCUT2D eigenvalue weighted by molar-refractivity contribution is 6.01. The first kappa shape index (κ1) is 17.4. The van der Waals surface area contributed by atoms with Crippen LogP contribution in [0.3, 0.4) is 0 Å². The smallest absolute Gasteiger partial charge is 0.305 e. The van der Waals surface area contributed by atoms with Gasteiger partial charge in [-0.1, -0.05) is 50.5 Å². The Morgan fingerprint density at radius 1 is 1.14 bits per heavy atom. The maximum atomic E-state index is 12.2. The van der Waals surface area contributed by atoms with Gasteiger partial charge in [-0.15, -0.1) is 0 Å². The topological polar surface area (TPSA) is 66.4 Å². The summed E-state index contributed by atoms with van der Waals surface area (Å²) in [4.78, 5) is 22.9. The van der Waals surface area contributed by atoms with Crippen LogP contribution >= 0.6 is 0 Å². The maximum absolute atomic E-state index is 12.2. The van der Waals surface area contributed by atoms with Crippen LogP contribution in [0.1, 0.15) is 54.9 Å². The minimum Gasteiger partial charge on any atom is -0.481 e. The van der Waals surface area contributed by atoms with Crippen molar-refractivity contribution in [1.29, 1.82) is 0 Å². The van der Waals surface area contributed by atoms with E-state index >= 15 is 0 Å². The Morgan fingerprint density at radius 3 is 2.33 bits per heavy atom. The molecule has 1 aromatic carbocycles. The summed E-state index contributed by atoms with van der Waals surface area (Å²) in [6.07, 6.45) is 5.71. The summed E-state index contributed by atoms with van der Waals surface area (Å²) in [6, 6.07) is 6.85. The average molecular weight is 291 g/mol. The van der Waals surface area contributed by atoms with Crippen LogP contribution in [-0.2, 0) is 11.2 Å². The molecule has 0 aliphatic rings. The van der Waals surface area contributed by atoms with Gasteiger partial charge in [0.05, 0.1) is 12.5 Å². The van der Waals surface area contributed by atoms with E-state index < -0.39 is 12.0 Å². The summed E-state index contributed by atoms with van der Waals surface area (Å²) in [6.45, 7) is 2.19. The molecule has 1 atom stereocenters. The van der Waals surface area contributed by atoms with Crippen molar-refractivity contribution in [3.63, 3.8) is 0 Å². The van der Waals surface area contributed by atoms with Crippen LogP contribution in [0.2, 0.25) is 0 Å². The second kappa shape index (κ2) is 9.29. The molecular formula is C17H25NO3. The third kappa shape index (κ3) is 6.08. The number of carboxylic acids is 1. The fraction of sp³-hybridized carbons (Fsp3) is 0.529. The van der Waals surface area contributed by atoms with E-state index in [4.69, 9.17) is 5.11 Å². The Kier molecular flexibility index (Phi) is 7.69. The third-order valence-electron chi connectivity index (χ3n) is 3.60. The van der Waals surface area contributed by atoms with Gasteiger partial charge >= 0.3 is 5.97 Å². The predicted octanol–water partition coefficient (Wildman–Crippen LogP) is 3.05. The Morgan fingerprint density at radius 2 is 1.81 bits per heavy atom. The average Bonchev–Trinajstić information content (AvgIpc) is 2.49. The fourth-order valence-corrected chi connectivity index (χ4v) is 2.29. The summed E-state index contributed by atoms with van der Waals surface area (Å²) in [5.74, 6) is -1.15. The van der Waals surface area contributed by atoms with E-state index in [1.807, 2.05) is 12.1 Å². The number of rotatable bonds is 10. The molecule has 0 bridgehead atoms. The van der Waals surface area contributed by atoms with Crippen LogP contribution in [0.15, 0.2) is 24.3 Å². The number of hydrogen-bond acceptors (Lipinski definition) is 3. The van der Waals surface area contributed by atoms with Gasteiger partial charge in [0.25, 0.3) is 0 Å². The maximum Gasteiger partial charge on any atom is 0.305 e. The van der Waals surface area contributed by atoms with Gasteiger partial charge in [-0.2, -0.15) is 0 Å². The van der Waals surface area contributed by atoms with Crippen LogP contribution in [-0.4, -0.2) is 29.9 Å². The first-order chi connectivity index (χ1) is 10.1. The lowest BCUT2D eigenvalue weighted by molar-refractivity contribution is -0.137. The largest absolute Gasteiger partial charge is 0.481 e. The molecule has 4 nitrogen and oxygen atoms in total. The van der Waals surface area contributed by atoms with Gasteiger partial charge in [0.15, 0.2) is 5.78 Å². The van der Waals surface area contributed by atoms with Gasteiger partial charge < -0.3 is 10.4 Å². The molecule has 1 unspecified atom stereocenters. The van der Waals surface area contributed by atoms with Gasteiger partial charge in [-0.3, -0.25) is 9.59 Å². The Hall–Kier alpha value is -1.68. The predicted molar refractivity (Wildman–Crippen MR) is 83.7 cm³/mol. The normalized spacial score (nSPS) is 12.1. The molecule has 0 fully saturated rings. The number of benzene rings is 1.